The van der Waals surface area contributed by atoms with Gasteiger partial charge in [0.1, 0.15) is 12.9 Å². The van der Waals surface area contributed by atoms with Crippen LogP contribution in [0.25, 0.3) is 11.4 Å². The smallest absolute Gasteiger partial charge is 0.242 e. The van der Waals surface area contributed by atoms with Crippen molar-refractivity contribution in [1.29, 1.82) is 0 Å². The zero-order valence-electron chi connectivity index (χ0n) is 11.8. The Morgan fingerprint density at radius 2 is 2.24 bits per heavy atom. The molecule has 2 aromatic rings. The maximum Gasteiger partial charge on any atom is 0.242 e. The van der Waals surface area contributed by atoms with Gasteiger partial charge in [0.25, 0.3) is 0 Å². The van der Waals surface area contributed by atoms with E-state index >= 15 is 0 Å². The molecule has 1 aromatic carbocycles. The molecule has 1 atom stereocenters. The molecule has 1 aromatic heterocycles. The van der Waals surface area contributed by atoms with Crippen molar-refractivity contribution in [2.45, 2.75) is 32.4 Å². The largest absolute Gasteiger partial charge is 0.352 e. The SMILES string of the molecule is C[C@H](NC(=O)Cn1ncnc1-c1ccccc1Cl)C1CC1. The summed E-state index contributed by atoms with van der Waals surface area (Å²) in [6.07, 6.45) is 3.85. The minimum absolute atomic E-state index is 0.0480. The number of nitrogens with zero attached hydrogens (tertiary/aromatic N) is 3. The summed E-state index contributed by atoms with van der Waals surface area (Å²) in [6.45, 7) is 2.20. The highest BCUT2D eigenvalue weighted by atomic mass is 35.5. The van der Waals surface area contributed by atoms with Gasteiger partial charge < -0.3 is 5.32 Å². The number of hydrogen-bond acceptors (Lipinski definition) is 3. The average molecular weight is 305 g/mol. The highest BCUT2D eigenvalue weighted by Crippen LogP contribution is 2.32. The fraction of sp³-hybridized carbons (Fsp3) is 0.400. The summed E-state index contributed by atoms with van der Waals surface area (Å²) >= 11 is 6.18. The van der Waals surface area contributed by atoms with Crippen LogP contribution in [0.2, 0.25) is 5.02 Å². The lowest BCUT2D eigenvalue weighted by molar-refractivity contribution is -0.122. The average Bonchev–Trinajstić information content (AvgIpc) is 3.21. The third kappa shape index (κ3) is 3.24. The summed E-state index contributed by atoms with van der Waals surface area (Å²) in [5, 5.41) is 7.74. The predicted molar refractivity (Wildman–Crippen MR) is 80.8 cm³/mol. The van der Waals surface area contributed by atoms with Crippen molar-refractivity contribution in [2.24, 2.45) is 5.92 Å². The predicted octanol–water partition coefficient (Wildman–Crippen LogP) is 2.51. The van der Waals surface area contributed by atoms with Crippen LogP contribution in [0.15, 0.2) is 30.6 Å². The molecule has 0 bridgehead atoms. The summed E-state index contributed by atoms with van der Waals surface area (Å²) in [6, 6.07) is 7.63. The minimum Gasteiger partial charge on any atom is -0.352 e. The van der Waals surface area contributed by atoms with Gasteiger partial charge in [-0.05, 0) is 37.8 Å². The summed E-state index contributed by atoms with van der Waals surface area (Å²) in [5.74, 6) is 1.19. The van der Waals surface area contributed by atoms with E-state index in [-0.39, 0.29) is 18.5 Å². The number of carbonyl (C=O) groups excluding carboxylic acids is 1. The fourth-order valence-electron chi connectivity index (χ4n) is 2.38. The highest BCUT2D eigenvalue weighted by Gasteiger charge is 2.29. The molecule has 0 unspecified atom stereocenters. The molecule has 1 heterocycles. The van der Waals surface area contributed by atoms with E-state index in [4.69, 9.17) is 11.6 Å². The number of rotatable bonds is 5. The van der Waals surface area contributed by atoms with Crippen molar-refractivity contribution in [1.82, 2.24) is 20.1 Å². The second kappa shape index (κ2) is 5.85. The van der Waals surface area contributed by atoms with E-state index in [0.29, 0.717) is 16.8 Å². The number of nitrogens with one attached hydrogen (secondary N) is 1. The van der Waals surface area contributed by atoms with Crippen LogP contribution in [-0.4, -0.2) is 26.7 Å². The van der Waals surface area contributed by atoms with E-state index in [9.17, 15) is 4.79 Å². The van der Waals surface area contributed by atoms with Gasteiger partial charge in [-0.3, -0.25) is 4.79 Å². The van der Waals surface area contributed by atoms with E-state index in [1.807, 2.05) is 25.1 Å². The first-order valence-corrected chi connectivity index (χ1v) is 7.45. The van der Waals surface area contributed by atoms with E-state index in [1.165, 1.54) is 19.2 Å². The standard InChI is InChI=1S/C15H17ClN4O/c1-10(11-6-7-11)19-14(21)8-20-15(17-9-18-20)12-4-2-3-5-13(12)16/h2-5,9-11H,6-8H2,1H3,(H,19,21)/t10-/m0/s1. The Hall–Kier alpha value is -1.88. The number of hydrogen-bond donors (Lipinski definition) is 1. The Morgan fingerprint density at radius 1 is 1.48 bits per heavy atom. The van der Waals surface area contributed by atoms with Gasteiger partial charge in [0.15, 0.2) is 5.82 Å². The van der Waals surface area contributed by atoms with Gasteiger partial charge >= 0.3 is 0 Å². The molecule has 1 fully saturated rings. The summed E-state index contributed by atoms with van der Waals surface area (Å²) in [7, 11) is 0. The molecule has 5 nitrogen and oxygen atoms in total. The molecule has 0 aliphatic heterocycles. The molecule has 1 aliphatic carbocycles. The highest BCUT2D eigenvalue weighted by molar-refractivity contribution is 6.33. The van der Waals surface area contributed by atoms with Gasteiger partial charge in [-0.1, -0.05) is 23.7 Å². The molecule has 0 radical (unpaired) electrons. The van der Waals surface area contributed by atoms with Crippen LogP contribution in [0.5, 0.6) is 0 Å². The van der Waals surface area contributed by atoms with Crippen LogP contribution in [0, 0.1) is 5.92 Å². The zero-order chi connectivity index (χ0) is 14.8. The third-order valence-corrected chi connectivity index (χ3v) is 4.07. The van der Waals surface area contributed by atoms with Gasteiger partial charge in [0.05, 0.1) is 5.02 Å². The van der Waals surface area contributed by atoms with Gasteiger partial charge in [0.2, 0.25) is 5.91 Å². The first kappa shape index (κ1) is 14.1. The number of carbonyl (C=O) groups is 1. The van der Waals surface area contributed by atoms with E-state index in [2.05, 4.69) is 15.4 Å². The third-order valence-electron chi connectivity index (χ3n) is 3.74. The quantitative estimate of drug-likeness (QED) is 0.923. The number of amides is 1. The number of aromatic nitrogens is 3. The lowest BCUT2D eigenvalue weighted by Crippen LogP contribution is -2.36. The molecular formula is C15H17ClN4O. The van der Waals surface area contributed by atoms with Crippen molar-refractivity contribution in [3.05, 3.63) is 35.6 Å². The van der Waals surface area contributed by atoms with Crippen LogP contribution < -0.4 is 5.32 Å². The molecular weight excluding hydrogens is 288 g/mol. The van der Waals surface area contributed by atoms with Crippen LogP contribution in [0.3, 0.4) is 0 Å². The second-order valence-electron chi connectivity index (χ2n) is 5.41. The lowest BCUT2D eigenvalue weighted by Gasteiger charge is -2.13. The Morgan fingerprint density at radius 3 is 2.95 bits per heavy atom. The normalized spacial score (nSPS) is 15.7. The maximum absolute atomic E-state index is 12.1. The van der Waals surface area contributed by atoms with E-state index in [1.54, 1.807) is 10.7 Å². The molecule has 6 heteroatoms. The van der Waals surface area contributed by atoms with Crippen molar-refractivity contribution < 1.29 is 4.79 Å². The summed E-state index contributed by atoms with van der Waals surface area (Å²) in [5.41, 5.74) is 0.778. The van der Waals surface area contributed by atoms with E-state index < -0.39 is 0 Å². The topological polar surface area (TPSA) is 59.8 Å². The van der Waals surface area contributed by atoms with Gasteiger partial charge in [-0.25, -0.2) is 9.67 Å². The molecule has 1 amide bonds. The number of halogens is 1. The molecule has 0 saturated heterocycles. The molecule has 21 heavy (non-hydrogen) atoms. The first-order chi connectivity index (χ1) is 10.1. The maximum atomic E-state index is 12.1. The molecule has 1 N–H and O–H groups in total. The van der Waals surface area contributed by atoms with Crippen LogP contribution >= 0.6 is 11.6 Å². The first-order valence-electron chi connectivity index (χ1n) is 7.07. The van der Waals surface area contributed by atoms with Crippen LogP contribution in [-0.2, 0) is 11.3 Å². The van der Waals surface area contributed by atoms with E-state index in [0.717, 1.165) is 5.56 Å². The Labute approximate surface area is 128 Å². The van der Waals surface area contributed by atoms with Gasteiger partial charge in [-0.2, -0.15) is 5.10 Å². The van der Waals surface area contributed by atoms with Gasteiger partial charge in [0, 0.05) is 11.6 Å². The van der Waals surface area contributed by atoms with Crippen LogP contribution in [0.4, 0.5) is 0 Å². The monoisotopic (exact) mass is 304 g/mol. The van der Waals surface area contributed by atoms with Crippen molar-refractivity contribution in [3.63, 3.8) is 0 Å². The Kier molecular flexibility index (Phi) is 3.92. The zero-order valence-corrected chi connectivity index (χ0v) is 12.5. The fourth-order valence-corrected chi connectivity index (χ4v) is 2.60. The number of benzene rings is 1. The molecule has 1 aliphatic rings. The molecule has 0 spiro atoms. The molecule has 110 valence electrons. The lowest BCUT2D eigenvalue weighted by atomic mass is 10.2. The van der Waals surface area contributed by atoms with Gasteiger partial charge in [-0.15, -0.1) is 0 Å². The van der Waals surface area contributed by atoms with Crippen molar-refractivity contribution in [2.75, 3.05) is 0 Å². The molecule has 1 saturated carbocycles. The van der Waals surface area contributed by atoms with Crippen molar-refractivity contribution in [3.8, 4) is 11.4 Å². The second-order valence-corrected chi connectivity index (χ2v) is 5.82. The van der Waals surface area contributed by atoms with Crippen LogP contribution in [0.1, 0.15) is 19.8 Å². The Bertz CT molecular complexity index is 651. The van der Waals surface area contributed by atoms with Crippen molar-refractivity contribution >= 4 is 17.5 Å². The molecule has 3 rings (SSSR count). The summed E-state index contributed by atoms with van der Waals surface area (Å²) in [4.78, 5) is 16.3. The minimum atomic E-state index is -0.0480. The summed E-state index contributed by atoms with van der Waals surface area (Å²) < 4.78 is 1.58. The Balaban J connectivity index is 1.73.